The zero-order valence-corrected chi connectivity index (χ0v) is 18.7. The lowest BCUT2D eigenvalue weighted by Gasteiger charge is -2.12. The second-order valence-corrected chi connectivity index (χ2v) is 7.55. The summed E-state index contributed by atoms with van der Waals surface area (Å²) < 4.78 is 7.63. The van der Waals surface area contributed by atoms with Gasteiger partial charge < -0.3 is 31.0 Å². The van der Waals surface area contributed by atoms with Crippen molar-refractivity contribution in [1.82, 2.24) is 25.2 Å². The van der Waals surface area contributed by atoms with E-state index in [4.69, 9.17) is 22.7 Å². The molecule has 0 spiro atoms. The number of nitrogen functional groups attached to an aromatic ring is 1. The largest absolute Gasteiger partial charge is 0.484 e. The molecule has 0 saturated heterocycles. The van der Waals surface area contributed by atoms with Gasteiger partial charge in [0.1, 0.15) is 11.6 Å². The molecule has 0 aliphatic rings. The van der Waals surface area contributed by atoms with Crippen molar-refractivity contribution >= 4 is 34.7 Å². The minimum Gasteiger partial charge on any atom is -0.484 e. The summed E-state index contributed by atoms with van der Waals surface area (Å²) in [5.41, 5.74) is 8.48. The first kappa shape index (κ1) is 23.0. The van der Waals surface area contributed by atoms with Crippen molar-refractivity contribution in [2.45, 2.75) is 26.4 Å². The lowest BCUT2D eigenvalue weighted by molar-refractivity contribution is -0.123. The van der Waals surface area contributed by atoms with Crippen molar-refractivity contribution in [3.05, 3.63) is 66.4 Å². The van der Waals surface area contributed by atoms with E-state index in [1.807, 2.05) is 31.6 Å². The molecule has 3 rings (SSSR count). The van der Waals surface area contributed by atoms with Gasteiger partial charge in [-0.3, -0.25) is 4.79 Å². The fraction of sp³-hybridized carbons (Fsp3) is 0.273. The monoisotopic (exact) mass is 453 g/mol. The molecule has 0 saturated carbocycles. The summed E-state index contributed by atoms with van der Waals surface area (Å²) in [6, 6.07) is 10.8. The van der Waals surface area contributed by atoms with Crippen molar-refractivity contribution in [2.75, 3.05) is 24.2 Å². The molecule has 168 valence electrons. The van der Waals surface area contributed by atoms with Crippen LogP contribution in [-0.4, -0.2) is 38.7 Å². The van der Waals surface area contributed by atoms with Crippen molar-refractivity contribution < 1.29 is 9.53 Å². The van der Waals surface area contributed by atoms with E-state index in [0.29, 0.717) is 23.2 Å². The smallest absolute Gasteiger partial charge is 0.258 e. The lowest BCUT2D eigenvalue weighted by Crippen LogP contribution is -2.29. The molecule has 0 unspecified atom stereocenters. The second-order valence-electron chi connectivity index (χ2n) is 7.14. The van der Waals surface area contributed by atoms with Crippen molar-refractivity contribution in [2.24, 2.45) is 0 Å². The van der Waals surface area contributed by atoms with Crippen molar-refractivity contribution in [3.8, 4) is 5.75 Å². The third-order valence-electron chi connectivity index (χ3n) is 4.60. The van der Waals surface area contributed by atoms with E-state index >= 15 is 0 Å². The molecular formula is C22H27N7O2S. The summed E-state index contributed by atoms with van der Waals surface area (Å²) in [5.74, 6) is 0.785. The Morgan fingerprint density at radius 2 is 2.03 bits per heavy atom. The van der Waals surface area contributed by atoms with Crippen LogP contribution < -0.4 is 26.4 Å². The van der Waals surface area contributed by atoms with E-state index in [-0.39, 0.29) is 12.5 Å². The van der Waals surface area contributed by atoms with Gasteiger partial charge in [-0.2, -0.15) is 0 Å². The summed E-state index contributed by atoms with van der Waals surface area (Å²) in [4.78, 5) is 20.0. The number of nitrogens with one attached hydrogen (secondary N) is 3. The van der Waals surface area contributed by atoms with E-state index in [1.54, 1.807) is 30.5 Å². The molecule has 3 aromatic rings. The van der Waals surface area contributed by atoms with Crippen LogP contribution in [0.2, 0.25) is 0 Å². The van der Waals surface area contributed by atoms with Gasteiger partial charge in [0.15, 0.2) is 11.7 Å². The standard InChI is InChI=1S/C22H27N7O2S/c1-16-12-24-15-29(16)10-2-8-26-22(32)28-18-3-5-19(6-4-18)31-14-21(30)27-13-17-7-9-25-20(23)11-17/h3-7,9,11-12,15H,2,8,10,13-14H2,1H3,(H2,23,25)(H,27,30)(H2,26,28,32). The maximum atomic E-state index is 12.0. The number of nitrogens with two attached hydrogens (primary N) is 1. The Hall–Kier alpha value is -3.66. The van der Waals surface area contributed by atoms with Crippen molar-refractivity contribution in [1.29, 1.82) is 0 Å². The van der Waals surface area contributed by atoms with Gasteiger partial charge in [0.25, 0.3) is 5.91 Å². The van der Waals surface area contributed by atoms with Gasteiger partial charge >= 0.3 is 0 Å². The van der Waals surface area contributed by atoms with E-state index in [0.717, 1.165) is 36.5 Å². The summed E-state index contributed by atoms with van der Waals surface area (Å²) in [6.45, 7) is 3.96. The minimum atomic E-state index is -0.223. The highest BCUT2D eigenvalue weighted by molar-refractivity contribution is 7.80. The maximum absolute atomic E-state index is 12.0. The van der Waals surface area contributed by atoms with Gasteiger partial charge in [0, 0.05) is 43.4 Å². The number of benzene rings is 1. The highest BCUT2D eigenvalue weighted by atomic mass is 32.1. The van der Waals surface area contributed by atoms with Gasteiger partial charge in [-0.05, 0) is 67.5 Å². The molecule has 5 N–H and O–H groups in total. The fourth-order valence-corrected chi connectivity index (χ4v) is 3.11. The molecule has 0 fully saturated rings. The normalized spacial score (nSPS) is 10.4. The SMILES string of the molecule is Cc1cncn1CCCNC(=S)Nc1ccc(OCC(=O)NCc2ccnc(N)c2)cc1. The number of aromatic nitrogens is 3. The number of pyridine rings is 1. The number of hydrogen-bond donors (Lipinski definition) is 4. The number of imidazole rings is 1. The van der Waals surface area contributed by atoms with Crippen LogP contribution in [-0.2, 0) is 17.9 Å². The van der Waals surface area contributed by atoms with Crippen LogP contribution in [0, 0.1) is 6.92 Å². The molecule has 1 amide bonds. The Kier molecular flexibility index (Phi) is 8.38. The van der Waals surface area contributed by atoms with Gasteiger partial charge in [-0.1, -0.05) is 0 Å². The first-order chi connectivity index (χ1) is 15.5. The average molecular weight is 454 g/mol. The maximum Gasteiger partial charge on any atom is 0.258 e. The fourth-order valence-electron chi connectivity index (χ4n) is 2.89. The number of carbonyl (C=O) groups is 1. The molecule has 0 aliphatic heterocycles. The number of nitrogens with zero attached hydrogens (tertiary/aromatic N) is 3. The molecule has 0 aliphatic carbocycles. The molecule has 10 heteroatoms. The van der Waals surface area contributed by atoms with Gasteiger partial charge in [0.2, 0.25) is 0 Å². The number of carbonyl (C=O) groups excluding carboxylic acids is 1. The Morgan fingerprint density at radius 3 is 2.75 bits per heavy atom. The van der Waals surface area contributed by atoms with Crippen LogP contribution in [0.1, 0.15) is 17.7 Å². The molecule has 2 aromatic heterocycles. The van der Waals surface area contributed by atoms with Crippen molar-refractivity contribution in [3.63, 3.8) is 0 Å². The predicted octanol–water partition coefficient (Wildman–Crippen LogP) is 2.24. The molecule has 1 aromatic carbocycles. The van der Waals surface area contributed by atoms with Crippen LogP contribution >= 0.6 is 12.2 Å². The minimum absolute atomic E-state index is 0.0797. The zero-order valence-electron chi connectivity index (χ0n) is 17.9. The molecule has 2 heterocycles. The number of anilines is 2. The summed E-state index contributed by atoms with van der Waals surface area (Å²) in [6.07, 6.45) is 6.21. The molecular weight excluding hydrogens is 426 g/mol. The molecule has 0 bridgehead atoms. The third kappa shape index (κ3) is 7.55. The van der Waals surface area contributed by atoms with E-state index < -0.39 is 0 Å². The number of rotatable bonds is 10. The third-order valence-corrected chi connectivity index (χ3v) is 4.85. The highest BCUT2D eigenvalue weighted by Crippen LogP contribution is 2.15. The summed E-state index contributed by atoms with van der Waals surface area (Å²) >= 11 is 5.33. The second kappa shape index (κ2) is 11.7. The first-order valence-electron chi connectivity index (χ1n) is 10.2. The van der Waals surface area contributed by atoms with Gasteiger partial charge in [0.05, 0.1) is 6.33 Å². The number of aryl methyl sites for hydroxylation is 2. The van der Waals surface area contributed by atoms with Crippen LogP contribution in [0.5, 0.6) is 5.75 Å². The Bertz CT molecular complexity index is 1040. The predicted molar refractivity (Wildman–Crippen MR) is 128 cm³/mol. The van der Waals surface area contributed by atoms with Crippen LogP contribution in [0.3, 0.4) is 0 Å². The highest BCUT2D eigenvalue weighted by Gasteiger charge is 2.04. The Labute approximate surface area is 192 Å². The van der Waals surface area contributed by atoms with Crippen LogP contribution in [0.25, 0.3) is 0 Å². The number of amides is 1. The number of thiocarbonyl (C=S) groups is 1. The average Bonchev–Trinajstić information content (AvgIpc) is 3.19. The molecule has 9 nitrogen and oxygen atoms in total. The number of ether oxygens (including phenoxy) is 1. The van der Waals surface area contributed by atoms with E-state index in [1.165, 1.54) is 0 Å². The number of hydrogen-bond acceptors (Lipinski definition) is 6. The zero-order chi connectivity index (χ0) is 22.8. The topological polar surface area (TPSA) is 119 Å². The van der Waals surface area contributed by atoms with Crippen LogP contribution in [0.4, 0.5) is 11.5 Å². The van der Waals surface area contributed by atoms with E-state index in [2.05, 4.69) is 30.5 Å². The van der Waals surface area contributed by atoms with Gasteiger partial charge in [-0.15, -0.1) is 0 Å². The molecule has 32 heavy (non-hydrogen) atoms. The first-order valence-corrected chi connectivity index (χ1v) is 10.6. The van der Waals surface area contributed by atoms with Crippen LogP contribution in [0.15, 0.2) is 55.1 Å². The Balaban J connectivity index is 1.32. The Morgan fingerprint density at radius 1 is 1.22 bits per heavy atom. The van der Waals surface area contributed by atoms with E-state index in [9.17, 15) is 4.79 Å². The molecule has 0 atom stereocenters. The molecule has 0 radical (unpaired) electrons. The summed E-state index contributed by atoms with van der Waals surface area (Å²) in [5, 5.41) is 9.66. The quantitative estimate of drug-likeness (QED) is 0.273. The lowest BCUT2D eigenvalue weighted by atomic mass is 10.2. The summed E-state index contributed by atoms with van der Waals surface area (Å²) in [7, 11) is 0. The van der Waals surface area contributed by atoms with Gasteiger partial charge in [-0.25, -0.2) is 9.97 Å².